The normalized spacial score (nSPS) is 25.4. The smallest absolute Gasteiger partial charge is 0.0217 e. The highest BCUT2D eigenvalue weighted by atomic mass is 15.2. The summed E-state index contributed by atoms with van der Waals surface area (Å²) in [7, 11) is 0. The Morgan fingerprint density at radius 2 is 1.77 bits per heavy atom. The molecule has 1 aliphatic rings. The Hall–Kier alpha value is -0.0800. The SMILES string of the molecule is CC1(C)CN(C[C@@H](N)C(C)(C)C)C1. The number of nitrogens with two attached hydrogens (primary N) is 1. The molecule has 0 radical (unpaired) electrons. The molecule has 1 heterocycles. The summed E-state index contributed by atoms with van der Waals surface area (Å²) in [6.07, 6.45) is 0. The summed E-state index contributed by atoms with van der Waals surface area (Å²) in [5.41, 5.74) is 6.87. The van der Waals surface area contributed by atoms with E-state index in [-0.39, 0.29) is 5.41 Å². The molecule has 0 spiro atoms. The minimum Gasteiger partial charge on any atom is -0.326 e. The van der Waals surface area contributed by atoms with Crippen LogP contribution in [0.5, 0.6) is 0 Å². The summed E-state index contributed by atoms with van der Waals surface area (Å²) < 4.78 is 0. The molecule has 2 N–H and O–H groups in total. The molecule has 0 aromatic rings. The van der Waals surface area contributed by atoms with Crippen LogP contribution in [0.1, 0.15) is 34.6 Å². The van der Waals surface area contributed by atoms with E-state index in [1.165, 1.54) is 13.1 Å². The van der Waals surface area contributed by atoms with Crippen LogP contribution in [0.2, 0.25) is 0 Å². The van der Waals surface area contributed by atoms with Gasteiger partial charge in [0.15, 0.2) is 0 Å². The van der Waals surface area contributed by atoms with Crippen LogP contribution in [0.3, 0.4) is 0 Å². The first-order valence-corrected chi connectivity index (χ1v) is 5.19. The zero-order valence-electron chi connectivity index (χ0n) is 9.72. The van der Waals surface area contributed by atoms with Crippen molar-refractivity contribution in [2.45, 2.75) is 40.7 Å². The fraction of sp³-hybridized carbons (Fsp3) is 1.00. The summed E-state index contributed by atoms with van der Waals surface area (Å²) in [4.78, 5) is 2.45. The summed E-state index contributed by atoms with van der Waals surface area (Å²) in [5.74, 6) is 0. The number of rotatable bonds is 2. The van der Waals surface area contributed by atoms with Crippen molar-refractivity contribution in [2.75, 3.05) is 19.6 Å². The van der Waals surface area contributed by atoms with Crippen molar-refractivity contribution in [2.24, 2.45) is 16.6 Å². The largest absolute Gasteiger partial charge is 0.326 e. The van der Waals surface area contributed by atoms with Crippen LogP contribution in [0, 0.1) is 10.8 Å². The van der Waals surface area contributed by atoms with Crippen LogP contribution in [-0.4, -0.2) is 30.6 Å². The summed E-state index contributed by atoms with van der Waals surface area (Å²) >= 11 is 0. The van der Waals surface area contributed by atoms with Crippen LogP contribution >= 0.6 is 0 Å². The van der Waals surface area contributed by atoms with Crippen molar-refractivity contribution in [1.29, 1.82) is 0 Å². The lowest BCUT2D eigenvalue weighted by Crippen LogP contribution is -2.57. The molecular weight excluding hydrogens is 160 g/mol. The zero-order chi connectivity index (χ0) is 10.3. The lowest BCUT2D eigenvalue weighted by atomic mass is 9.81. The molecule has 0 amide bonds. The van der Waals surface area contributed by atoms with Crippen LogP contribution in [-0.2, 0) is 0 Å². The molecule has 0 unspecified atom stereocenters. The van der Waals surface area contributed by atoms with Gasteiger partial charge in [-0.1, -0.05) is 34.6 Å². The summed E-state index contributed by atoms with van der Waals surface area (Å²) in [5, 5.41) is 0. The molecule has 13 heavy (non-hydrogen) atoms. The van der Waals surface area contributed by atoms with Gasteiger partial charge in [0.1, 0.15) is 0 Å². The van der Waals surface area contributed by atoms with E-state index in [1.54, 1.807) is 0 Å². The standard InChI is InChI=1S/C11H24N2/c1-10(2,3)9(12)6-13-7-11(4,5)8-13/h9H,6-8,12H2,1-5H3/t9-/m1/s1. The van der Waals surface area contributed by atoms with Gasteiger partial charge in [-0.25, -0.2) is 0 Å². The Kier molecular flexibility index (Phi) is 2.75. The minimum atomic E-state index is 0.236. The first-order chi connectivity index (χ1) is 5.71. The first kappa shape index (κ1) is 11.0. The Bertz CT molecular complexity index is 171. The van der Waals surface area contributed by atoms with Gasteiger partial charge in [0, 0.05) is 25.7 Å². The number of likely N-dealkylation sites (tertiary alicyclic amines) is 1. The van der Waals surface area contributed by atoms with Gasteiger partial charge in [-0.15, -0.1) is 0 Å². The molecule has 1 saturated heterocycles. The molecule has 0 aliphatic carbocycles. The molecular formula is C11H24N2. The second kappa shape index (κ2) is 3.25. The topological polar surface area (TPSA) is 29.3 Å². The molecule has 1 atom stereocenters. The third-order valence-electron chi connectivity index (χ3n) is 2.87. The second-order valence-corrected chi connectivity index (χ2v) is 6.31. The average Bonchev–Trinajstić information content (AvgIpc) is 1.80. The van der Waals surface area contributed by atoms with Gasteiger partial charge in [0.25, 0.3) is 0 Å². The van der Waals surface area contributed by atoms with Crippen LogP contribution in [0.15, 0.2) is 0 Å². The second-order valence-electron chi connectivity index (χ2n) is 6.31. The van der Waals surface area contributed by atoms with E-state index in [2.05, 4.69) is 39.5 Å². The Morgan fingerprint density at radius 3 is 2.08 bits per heavy atom. The molecule has 2 heteroatoms. The number of nitrogens with zero attached hydrogens (tertiary/aromatic N) is 1. The van der Waals surface area contributed by atoms with Gasteiger partial charge in [0.2, 0.25) is 0 Å². The predicted molar refractivity (Wildman–Crippen MR) is 57.7 cm³/mol. The van der Waals surface area contributed by atoms with Crippen molar-refractivity contribution in [3.63, 3.8) is 0 Å². The van der Waals surface area contributed by atoms with Crippen molar-refractivity contribution in [3.8, 4) is 0 Å². The maximum atomic E-state index is 6.11. The van der Waals surface area contributed by atoms with Crippen molar-refractivity contribution < 1.29 is 0 Å². The van der Waals surface area contributed by atoms with Crippen LogP contribution in [0.25, 0.3) is 0 Å². The fourth-order valence-corrected chi connectivity index (χ4v) is 1.85. The van der Waals surface area contributed by atoms with Crippen molar-refractivity contribution in [3.05, 3.63) is 0 Å². The maximum absolute atomic E-state index is 6.11. The van der Waals surface area contributed by atoms with Crippen molar-refractivity contribution in [1.82, 2.24) is 4.90 Å². The first-order valence-electron chi connectivity index (χ1n) is 5.19. The quantitative estimate of drug-likeness (QED) is 0.708. The van der Waals surface area contributed by atoms with E-state index in [4.69, 9.17) is 5.73 Å². The molecule has 0 aromatic heterocycles. The number of hydrogen-bond donors (Lipinski definition) is 1. The van der Waals surface area contributed by atoms with Gasteiger partial charge in [-0.2, -0.15) is 0 Å². The molecule has 1 rings (SSSR count). The Morgan fingerprint density at radius 1 is 1.31 bits per heavy atom. The van der Waals surface area contributed by atoms with E-state index in [0.29, 0.717) is 11.5 Å². The maximum Gasteiger partial charge on any atom is 0.0217 e. The van der Waals surface area contributed by atoms with Crippen LogP contribution < -0.4 is 5.73 Å². The highest BCUT2D eigenvalue weighted by Gasteiger charge is 2.36. The van der Waals surface area contributed by atoms with Gasteiger partial charge in [-0.05, 0) is 10.8 Å². The van der Waals surface area contributed by atoms with E-state index < -0.39 is 0 Å². The Balaban J connectivity index is 2.28. The fourth-order valence-electron chi connectivity index (χ4n) is 1.85. The van der Waals surface area contributed by atoms with E-state index in [9.17, 15) is 0 Å². The third-order valence-corrected chi connectivity index (χ3v) is 2.87. The molecule has 78 valence electrons. The van der Waals surface area contributed by atoms with Gasteiger partial charge in [-0.3, -0.25) is 0 Å². The van der Waals surface area contributed by atoms with Gasteiger partial charge in [0.05, 0.1) is 0 Å². The predicted octanol–water partition coefficient (Wildman–Crippen LogP) is 1.70. The average molecular weight is 184 g/mol. The third kappa shape index (κ3) is 2.96. The van der Waals surface area contributed by atoms with Gasteiger partial charge >= 0.3 is 0 Å². The lowest BCUT2D eigenvalue weighted by Gasteiger charge is -2.48. The molecule has 0 saturated carbocycles. The molecule has 0 aromatic carbocycles. The molecule has 1 aliphatic heterocycles. The minimum absolute atomic E-state index is 0.236. The van der Waals surface area contributed by atoms with Crippen LogP contribution in [0.4, 0.5) is 0 Å². The lowest BCUT2D eigenvalue weighted by molar-refractivity contribution is 0.0167. The van der Waals surface area contributed by atoms with E-state index in [0.717, 1.165) is 6.54 Å². The highest BCUT2D eigenvalue weighted by molar-refractivity contribution is 4.91. The van der Waals surface area contributed by atoms with Gasteiger partial charge < -0.3 is 10.6 Å². The van der Waals surface area contributed by atoms with Crippen molar-refractivity contribution >= 4 is 0 Å². The highest BCUT2D eigenvalue weighted by Crippen LogP contribution is 2.30. The summed E-state index contributed by atoms with van der Waals surface area (Å²) in [6, 6.07) is 0.295. The molecule has 2 nitrogen and oxygen atoms in total. The van der Waals surface area contributed by atoms with E-state index >= 15 is 0 Å². The molecule has 0 bridgehead atoms. The number of hydrogen-bond acceptors (Lipinski definition) is 2. The van der Waals surface area contributed by atoms with E-state index in [1.807, 2.05) is 0 Å². The zero-order valence-corrected chi connectivity index (χ0v) is 9.72. The Labute approximate surface area is 82.5 Å². The molecule has 1 fully saturated rings. The monoisotopic (exact) mass is 184 g/mol. The summed E-state index contributed by atoms with van der Waals surface area (Å²) in [6.45, 7) is 14.7.